The highest BCUT2D eigenvalue weighted by Gasteiger charge is 2.25. The molecular formula is C18H20ClN5O2. The number of rotatable bonds is 4. The number of hydrogen-bond donors (Lipinski definition) is 2. The average Bonchev–Trinajstić information content (AvgIpc) is 2.64. The molecule has 0 aliphatic carbocycles. The first-order valence-corrected chi connectivity index (χ1v) is 8.82. The summed E-state index contributed by atoms with van der Waals surface area (Å²) in [5.41, 5.74) is 1.42. The van der Waals surface area contributed by atoms with Crippen LogP contribution in [-0.4, -0.2) is 35.1 Å². The van der Waals surface area contributed by atoms with Crippen molar-refractivity contribution in [1.82, 2.24) is 10.2 Å². The predicted octanol–water partition coefficient (Wildman–Crippen LogP) is 2.94. The number of amides is 2. The van der Waals surface area contributed by atoms with Crippen LogP contribution in [0.25, 0.3) is 0 Å². The molecule has 136 valence electrons. The quantitative estimate of drug-likeness (QED) is 0.860. The van der Waals surface area contributed by atoms with Gasteiger partial charge < -0.3 is 15.5 Å². The molecule has 0 spiro atoms. The lowest BCUT2D eigenvalue weighted by atomic mass is 9.96. The van der Waals surface area contributed by atoms with Crippen LogP contribution in [0.3, 0.4) is 0 Å². The van der Waals surface area contributed by atoms with E-state index in [9.17, 15) is 9.59 Å². The van der Waals surface area contributed by atoms with Crippen molar-refractivity contribution in [2.45, 2.75) is 19.8 Å². The fraction of sp³-hybridized carbons (Fsp3) is 0.333. The van der Waals surface area contributed by atoms with Crippen molar-refractivity contribution in [2.24, 2.45) is 5.92 Å². The van der Waals surface area contributed by atoms with Gasteiger partial charge in [0.2, 0.25) is 11.8 Å². The third-order valence-corrected chi connectivity index (χ3v) is 4.48. The number of nitrogens with zero attached hydrogens (tertiary/aromatic N) is 3. The van der Waals surface area contributed by atoms with E-state index in [1.807, 2.05) is 6.07 Å². The lowest BCUT2D eigenvalue weighted by Gasteiger charge is -2.31. The van der Waals surface area contributed by atoms with Gasteiger partial charge in [0.25, 0.3) is 0 Å². The fourth-order valence-corrected chi connectivity index (χ4v) is 3.03. The van der Waals surface area contributed by atoms with Gasteiger partial charge in [0.15, 0.2) is 11.0 Å². The summed E-state index contributed by atoms with van der Waals surface area (Å²) in [4.78, 5) is 25.6. The second-order valence-corrected chi connectivity index (χ2v) is 6.61. The van der Waals surface area contributed by atoms with Crippen LogP contribution < -0.4 is 15.5 Å². The SMILES string of the molecule is CC(=O)Nc1ccc(NC(=O)C2CCN(c3ccc(Cl)nn3)CC2)cc1. The molecule has 0 unspecified atom stereocenters. The molecule has 2 amide bonds. The summed E-state index contributed by atoms with van der Waals surface area (Å²) < 4.78 is 0. The van der Waals surface area contributed by atoms with E-state index in [0.717, 1.165) is 37.4 Å². The second-order valence-electron chi connectivity index (χ2n) is 6.22. The Bertz CT molecular complexity index is 771. The molecule has 0 bridgehead atoms. The number of carbonyl (C=O) groups is 2. The van der Waals surface area contributed by atoms with E-state index in [1.165, 1.54) is 6.92 Å². The van der Waals surface area contributed by atoms with Gasteiger partial charge in [0, 0.05) is 37.3 Å². The first-order chi connectivity index (χ1) is 12.5. The minimum absolute atomic E-state index is 0.0131. The molecule has 26 heavy (non-hydrogen) atoms. The number of anilines is 3. The number of carbonyl (C=O) groups excluding carboxylic acids is 2. The van der Waals surface area contributed by atoms with Crippen molar-refractivity contribution < 1.29 is 9.59 Å². The second kappa shape index (κ2) is 8.14. The Morgan fingerprint density at radius 3 is 2.15 bits per heavy atom. The lowest BCUT2D eigenvalue weighted by Crippen LogP contribution is -2.38. The molecule has 1 aliphatic heterocycles. The summed E-state index contributed by atoms with van der Waals surface area (Å²) in [6, 6.07) is 10.6. The van der Waals surface area contributed by atoms with Crippen LogP contribution >= 0.6 is 11.6 Å². The molecule has 3 rings (SSSR count). The van der Waals surface area contributed by atoms with E-state index in [-0.39, 0.29) is 17.7 Å². The van der Waals surface area contributed by atoms with Gasteiger partial charge in [-0.2, -0.15) is 0 Å². The van der Waals surface area contributed by atoms with Crippen molar-refractivity contribution in [3.05, 3.63) is 41.6 Å². The minimum Gasteiger partial charge on any atom is -0.355 e. The molecule has 2 aromatic rings. The van der Waals surface area contributed by atoms with Gasteiger partial charge in [-0.15, -0.1) is 10.2 Å². The molecule has 2 N–H and O–H groups in total. The van der Waals surface area contributed by atoms with E-state index >= 15 is 0 Å². The molecule has 2 heterocycles. The zero-order valence-electron chi connectivity index (χ0n) is 14.4. The molecule has 8 heteroatoms. The van der Waals surface area contributed by atoms with E-state index < -0.39 is 0 Å². The smallest absolute Gasteiger partial charge is 0.227 e. The third-order valence-electron chi connectivity index (χ3n) is 4.28. The first kappa shape index (κ1) is 18.1. The largest absolute Gasteiger partial charge is 0.355 e. The zero-order chi connectivity index (χ0) is 18.5. The molecular weight excluding hydrogens is 354 g/mol. The van der Waals surface area contributed by atoms with Crippen molar-refractivity contribution in [3.63, 3.8) is 0 Å². The molecule has 7 nitrogen and oxygen atoms in total. The van der Waals surface area contributed by atoms with Gasteiger partial charge in [0.05, 0.1) is 0 Å². The van der Waals surface area contributed by atoms with E-state index in [2.05, 4.69) is 25.7 Å². The van der Waals surface area contributed by atoms with Crippen molar-refractivity contribution in [2.75, 3.05) is 28.6 Å². The zero-order valence-corrected chi connectivity index (χ0v) is 15.2. The summed E-state index contributed by atoms with van der Waals surface area (Å²) in [6.07, 6.45) is 1.50. The van der Waals surface area contributed by atoms with Gasteiger partial charge in [0.1, 0.15) is 0 Å². The maximum Gasteiger partial charge on any atom is 0.227 e. The Morgan fingerprint density at radius 1 is 1.00 bits per heavy atom. The first-order valence-electron chi connectivity index (χ1n) is 8.44. The number of hydrogen-bond acceptors (Lipinski definition) is 5. The van der Waals surface area contributed by atoms with Gasteiger partial charge in [-0.05, 0) is 49.2 Å². The van der Waals surface area contributed by atoms with E-state index in [0.29, 0.717) is 10.8 Å². The van der Waals surface area contributed by atoms with Crippen LogP contribution in [0, 0.1) is 5.92 Å². The molecule has 1 aromatic heterocycles. The molecule has 1 aliphatic rings. The minimum atomic E-state index is -0.126. The van der Waals surface area contributed by atoms with Gasteiger partial charge in [-0.1, -0.05) is 11.6 Å². The third kappa shape index (κ3) is 4.70. The van der Waals surface area contributed by atoms with Crippen LogP contribution in [0.1, 0.15) is 19.8 Å². The Balaban J connectivity index is 1.52. The number of piperidine rings is 1. The van der Waals surface area contributed by atoms with Crippen LogP contribution in [0.2, 0.25) is 5.15 Å². The molecule has 0 radical (unpaired) electrons. The van der Waals surface area contributed by atoms with Crippen LogP contribution in [-0.2, 0) is 9.59 Å². The Morgan fingerprint density at radius 2 is 1.62 bits per heavy atom. The highest BCUT2D eigenvalue weighted by atomic mass is 35.5. The van der Waals surface area contributed by atoms with Crippen molar-refractivity contribution in [3.8, 4) is 0 Å². The summed E-state index contributed by atoms with van der Waals surface area (Å²) in [6.45, 7) is 2.95. The lowest BCUT2D eigenvalue weighted by molar-refractivity contribution is -0.120. The Kier molecular flexibility index (Phi) is 5.68. The average molecular weight is 374 g/mol. The standard InChI is InChI=1S/C18H20ClN5O2/c1-12(25)20-14-2-4-15(5-3-14)21-18(26)13-8-10-24(11-9-13)17-7-6-16(19)22-23-17/h2-7,13H,8-11H2,1H3,(H,20,25)(H,21,26). The summed E-state index contributed by atoms with van der Waals surface area (Å²) in [7, 11) is 0. The van der Waals surface area contributed by atoms with E-state index in [1.54, 1.807) is 30.3 Å². The summed E-state index contributed by atoms with van der Waals surface area (Å²) in [5, 5.41) is 13.9. The number of halogens is 1. The molecule has 0 atom stereocenters. The monoisotopic (exact) mass is 373 g/mol. The number of nitrogens with one attached hydrogen (secondary N) is 2. The Hall–Kier alpha value is -2.67. The van der Waals surface area contributed by atoms with Gasteiger partial charge >= 0.3 is 0 Å². The highest BCUT2D eigenvalue weighted by Crippen LogP contribution is 2.23. The van der Waals surface area contributed by atoms with Crippen LogP contribution in [0.4, 0.5) is 17.2 Å². The van der Waals surface area contributed by atoms with Gasteiger partial charge in [-0.25, -0.2) is 0 Å². The van der Waals surface area contributed by atoms with Crippen molar-refractivity contribution in [1.29, 1.82) is 0 Å². The fourth-order valence-electron chi connectivity index (χ4n) is 2.93. The normalized spacial score (nSPS) is 14.8. The Labute approximate surface area is 156 Å². The maximum atomic E-state index is 12.5. The maximum absolute atomic E-state index is 12.5. The summed E-state index contributed by atoms with van der Waals surface area (Å²) >= 11 is 5.76. The predicted molar refractivity (Wildman–Crippen MR) is 101 cm³/mol. The number of benzene rings is 1. The van der Waals surface area contributed by atoms with Gasteiger partial charge in [-0.3, -0.25) is 9.59 Å². The van der Waals surface area contributed by atoms with Crippen LogP contribution in [0.5, 0.6) is 0 Å². The molecule has 1 aromatic carbocycles. The topological polar surface area (TPSA) is 87.2 Å². The molecule has 1 saturated heterocycles. The number of aromatic nitrogens is 2. The van der Waals surface area contributed by atoms with Crippen molar-refractivity contribution >= 4 is 40.6 Å². The highest BCUT2D eigenvalue weighted by molar-refractivity contribution is 6.29. The molecule has 0 saturated carbocycles. The van der Waals surface area contributed by atoms with E-state index in [4.69, 9.17) is 11.6 Å². The van der Waals surface area contributed by atoms with Crippen LogP contribution in [0.15, 0.2) is 36.4 Å². The molecule has 1 fully saturated rings. The summed E-state index contributed by atoms with van der Waals surface area (Å²) in [5.74, 6) is 0.626.